The summed E-state index contributed by atoms with van der Waals surface area (Å²) in [5, 5.41) is 3.94. The highest BCUT2D eigenvalue weighted by molar-refractivity contribution is 6.76. The number of nitrogens with zero attached hydrogens (tertiary/aromatic N) is 4. The summed E-state index contributed by atoms with van der Waals surface area (Å²) in [6, 6.07) is 9.12. The summed E-state index contributed by atoms with van der Waals surface area (Å²) in [6.07, 6.45) is 9.67. The van der Waals surface area contributed by atoms with E-state index in [1.807, 2.05) is 30.7 Å². The van der Waals surface area contributed by atoms with Crippen molar-refractivity contribution in [2.24, 2.45) is 0 Å². The molecule has 0 amide bonds. The van der Waals surface area contributed by atoms with E-state index >= 15 is 0 Å². The molecule has 1 atom stereocenters. The molecule has 0 aliphatic rings. The molecule has 11 heteroatoms. The molecule has 0 bridgehead atoms. The molecule has 44 heavy (non-hydrogen) atoms. The van der Waals surface area contributed by atoms with Crippen molar-refractivity contribution in [3.63, 3.8) is 0 Å². The quantitative estimate of drug-likeness (QED) is 0.0952. The van der Waals surface area contributed by atoms with Crippen molar-refractivity contribution in [2.45, 2.75) is 110 Å². The minimum absolute atomic E-state index is 0.0787. The van der Waals surface area contributed by atoms with Gasteiger partial charge in [-0.25, -0.2) is 9.97 Å². The smallest absolute Gasteiger partial charge is 0.309 e. The van der Waals surface area contributed by atoms with Gasteiger partial charge in [0.1, 0.15) is 18.4 Å². The molecule has 2 heterocycles. The molecule has 9 nitrogen and oxygen atoms in total. The largest absolute Gasteiger partial charge is 0.469 e. The van der Waals surface area contributed by atoms with E-state index in [0.717, 1.165) is 55.0 Å². The molecule has 1 unspecified atom stereocenters. The Kier molecular flexibility index (Phi) is 13.2. The predicted octanol–water partition coefficient (Wildman–Crippen LogP) is 6.59. The van der Waals surface area contributed by atoms with Crippen molar-refractivity contribution in [2.75, 3.05) is 20.3 Å². The van der Waals surface area contributed by atoms with Gasteiger partial charge >= 0.3 is 5.97 Å². The number of hydrogen-bond acceptors (Lipinski definition) is 7. The third-order valence-corrected chi connectivity index (χ3v) is 14.7. The molecular weight excluding hydrogens is 587 g/mol. The second-order valence-corrected chi connectivity index (χ2v) is 24.7. The molecule has 2 aromatic heterocycles. The number of esters is 1. The number of nitrogens with one attached hydrogen (secondary N) is 1. The van der Waals surface area contributed by atoms with Gasteiger partial charge < -0.3 is 28.4 Å². The van der Waals surface area contributed by atoms with E-state index in [0.29, 0.717) is 19.7 Å². The van der Waals surface area contributed by atoms with Gasteiger partial charge in [0.2, 0.25) is 0 Å². The lowest BCUT2D eigenvalue weighted by molar-refractivity contribution is -0.139. The van der Waals surface area contributed by atoms with Crippen LogP contribution < -0.4 is 5.32 Å². The number of aromatic nitrogens is 4. The van der Waals surface area contributed by atoms with E-state index in [4.69, 9.17) is 23.9 Å². The number of imidazole rings is 2. The Balaban J connectivity index is 1.71. The Labute approximate surface area is 266 Å². The Morgan fingerprint density at radius 1 is 0.955 bits per heavy atom. The number of ether oxygens (including phenoxy) is 2. The Morgan fingerprint density at radius 3 is 2.27 bits per heavy atom. The molecule has 1 aromatic carbocycles. The molecule has 244 valence electrons. The number of hydrogen-bond donors (Lipinski definition) is 1. The second-order valence-electron chi connectivity index (χ2n) is 14.3. The van der Waals surface area contributed by atoms with Crippen molar-refractivity contribution in [3.05, 3.63) is 71.8 Å². The van der Waals surface area contributed by atoms with Crippen LogP contribution in [-0.4, -0.2) is 61.8 Å². The summed E-state index contributed by atoms with van der Waals surface area (Å²) in [4.78, 5) is 21.2. The molecule has 3 aromatic rings. The molecule has 0 aliphatic carbocycles. The zero-order chi connectivity index (χ0) is 32.4. The lowest BCUT2D eigenvalue weighted by Gasteiger charge is -2.36. The predicted molar refractivity (Wildman–Crippen MR) is 182 cm³/mol. The summed E-state index contributed by atoms with van der Waals surface area (Å²) in [5.74, 6) is 1.70. The summed E-state index contributed by atoms with van der Waals surface area (Å²) in [6.45, 7) is 22.0. The van der Waals surface area contributed by atoms with Crippen LogP contribution in [0.1, 0.15) is 56.0 Å². The highest BCUT2D eigenvalue weighted by Gasteiger charge is 2.36. The molecule has 1 N–H and O–H groups in total. The van der Waals surface area contributed by atoms with Gasteiger partial charge in [0, 0.05) is 65.6 Å². The fourth-order valence-corrected chi connectivity index (χ4v) is 6.33. The van der Waals surface area contributed by atoms with Gasteiger partial charge in [-0.2, -0.15) is 0 Å². The van der Waals surface area contributed by atoms with Crippen LogP contribution >= 0.6 is 0 Å². The number of carbonyl (C=O) groups is 1. The van der Waals surface area contributed by atoms with Crippen LogP contribution in [0.3, 0.4) is 0 Å². The fraction of sp³-hybridized carbons (Fsp3) is 0.606. The third-order valence-electron chi connectivity index (χ3n) is 8.44. The molecule has 0 radical (unpaired) electrons. The van der Waals surface area contributed by atoms with Gasteiger partial charge in [-0.15, -0.1) is 0 Å². The van der Waals surface area contributed by atoms with E-state index in [9.17, 15) is 4.79 Å². The van der Waals surface area contributed by atoms with Gasteiger partial charge in [0.05, 0.1) is 19.6 Å². The topological polar surface area (TPSA) is 92.4 Å². The third kappa shape index (κ3) is 11.4. The average molecular weight is 642 g/mol. The van der Waals surface area contributed by atoms with Crippen molar-refractivity contribution < 1.29 is 18.7 Å². The first-order valence-electron chi connectivity index (χ1n) is 15.8. The summed E-state index contributed by atoms with van der Waals surface area (Å²) in [5.41, 5.74) is 2.06. The number of methoxy groups -OCH3 is 1. The van der Waals surface area contributed by atoms with E-state index in [1.54, 1.807) is 0 Å². The Morgan fingerprint density at radius 2 is 1.61 bits per heavy atom. The van der Waals surface area contributed by atoms with Crippen LogP contribution in [0.4, 0.5) is 0 Å². The zero-order valence-corrected chi connectivity index (χ0v) is 30.5. The summed E-state index contributed by atoms with van der Waals surface area (Å²) < 4.78 is 21.7. The molecule has 0 aliphatic heterocycles. The normalized spacial score (nSPS) is 13.3. The maximum absolute atomic E-state index is 11.7. The number of rotatable bonds is 18. The molecule has 3 rings (SSSR count). The SMILES string of the molecule is COC(=O)Cc1ccc(CNC(Cc2nccn2CCCO[Si](C)(C)C(C)(C)C)c2nccn2COCC[Si](C)(C)C)cc1. The average Bonchev–Trinajstić information content (AvgIpc) is 3.60. The van der Waals surface area contributed by atoms with Crippen LogP contribution in [0.15, 0.2) is 49.1 Å². The Hall–Kier alpha value is -2.58. The number of aryl methyl sites for hydroxylation is 1. The van der Waals surface area contributed by atoms with Gasteiger partial charge in [-0.1, -0.05) is 64.7 Å². The van der Waals surface area contributed by atoms with Crippen LogP contribution in [0.5, 0.6) is 0 Å². The van der Waals surface area contributed by atoms with Crippen molar-refractivity contribution in [3.8, 4) is 0 Å². The highest BCUT2D eigenvalue weighted by Crippen LogP contribution is 2.36. The number of carbonyl (C=O) groups excluding carboxylic acids is 1. The van der Waals surface area contributed by atoms with E-state index in [2.05, 4.69) is 86.3 Å². The molecular formula is C33H55N5O4Si2. The lowest BCUT2D eigenvalue weighted by atomic mass is 10.1. The summed E-state index contributed by atoms with van der Waals surface area (Å²) >= 11 is 0. The monoisotopic (exact) mass is 641 g/mol. The lowest BCUT2D eigenvalue weighted by Crippen LogP contribution is -2.41. The fourth-order valence-electron chi connectivity index (χ4n) is 4.49. The van der Waals surface area contributed by atoms with Crippen LogP contribution in [0.2, 0.25) is 43.8 Å². The molecule has 0 saturated carbocycles. The van der Waals surface area contributed by atoms with Crippen molar-refractivity contribution in [1.82, 2.24) is 24.4 Å². The minimum atomic E-state index is -1.77. The second kappa shape index (κ2) is 16.1. The van der Waals surface area contributed by atoms with E-state index < -0.39 is 16.4 Å². The first-order valence-corrected chi connectivity index (χ1v) is 22.4. The van der Waals surface area contributed by atoms with Crippen LogP contribution in [0, 0.1) is 0 Å². The molecule has 0 spiro atoms. The highest BCUT2D eigenvalue weighted by atomic mass is 28.4. The maximum Gasteiger partial charge on any atom is 0.309 e. The maximum atomic E-state index is 11.7. The van der Waals surface area contributed by atoms with Crippen molar-refractivity contribution >= 4 is 22.4 Å². The standard InChI is InChI=1S/C33H55N5O4Si2/c1-33(2,3)44(8,9)42-20-10-17-37-18-15-34-30(37)24-29(32-35-16-19-38(32)26-41-21-22-43(5,6)7)36-25-28-13-11-27(12-14-28)23-31(39)40-4/h11-16,18-19,29,36H,10,17,20-26H2,1-9H3. The zero-order valence-electron chi connectivity index (χ0n) is 28.5. The first kappa shape index (κ1) is 35.9. The van der Waals surface area contributed by atoms with E-state index in [-0.39, 0.29) is 23.5 Å². The van der Waals surface area contributed by atoms with Crippen LogP contribution in [0.25, 0.3) is 0 Å². The molecule has 0 saturated heterocycles. The van der Waals surface area contributed by atoms with Gasteiger partial charge in [0.15, 0.2) is 8.32 Å². The number of benzene rings is 1. The molecule has 0 fully saturated rings. The van der Waals surface area contributed by atoms with Crippen molar-refractivity contribution in [1.29, 1.82) is 0 Å². The van der Waals surface area contributed by atoms with Gasteiger partial charge in [-0.05, 0) is 41.7 Å². The minimum Gasteiger partial charge on any atom is -0.469 e. The Bertz CT molecular complexity index is 1290. The first-order chi connectivity index (χ1) is 20.7. The van der Waals surface area contributed by atoms with Gasteiger partial charge in [-0.3, -0.25) is 4.79 Å². The summed E-state index contributed by atoms with van der Waals surface area (Å²) in [7, 11) is -1.53. The van der Waals surface area contributed by atoms with E-state index in [1.165, 1.54) is 7.11 Å². The van der Waals surface area contributed by atoms with Crippen LogP contribution in [-0.2, 0) is 51.4 Å². The van der Waals surface area contributed by atoms with Gasteiger partial charge in [0.25, 0.3) is 0 Å².